The Kier molecular flexibility index (Phi) is 6.57. The molecule has 1 nitrogen and oxygen atoms in total. The Hall–Kier alpha value is -2.11. The zero-order valence-corrected chi connectivity index (χ0v) is 18.9. The first-order chi connectivity index (χ1) is 13.3. The Bertz CT molecular complexity index is 854. The average Bonchev–Trinajstić information content (AvgIpc) is 2.61. The molecule has 0 aliphatic rings. The summed E-state index contributed by atoms with van der Waals surface area (Å²) in [6.07, 6.45) is 1.96. The van der Waals surface area contributed by atoms with Crippen molar-refractivity contribution in [1.82, 2.24) is 0 Å². The minimum absolute atomic E-state index is 0.674. The average molecular weight is 391 g/mol. The molecule has 2 heteroatoms. The van der Waals surface area contributed by atoms with E-state index in [0.717, 1.165) is 18.1 Å². The van der Waals surface area contributed by atoms with Crippen LogP contribution >= 0.6 is 8.15 Å². The molecule has 0 N–H and O–H groups in total. The third-order valence-electron chi connectivity index (χ3n) is 5.33. The van der Waals surface area contributed by atoms with Gasteiger partial charge in [-0.15, -0.1) is 0 Å². The highest BCUT2D eigenvalue weighted by atomic mass is 31.1. The highest BCUT2D eigenvalue weighted by molar-refractivity contribution is 7.51. The summed E-state index contributed by atoms with van der Waals surface area (Å²) in [6, 6.07) is 19.4. The Morgan fingerprint density at radius 2 is 1.00 bits per heavy atom. The smallest absolute Gasteiger partial charge is 0.123 e. The maximum Gasteiger partial charge on any atom is 0.123 e. The first-order valence-electron chi connectivity index (χ1n) is 9.95. The molecule has 0 radical (unpaired) electrons. The van der Waals surface area contributed by atoms with Gasteiger partial charge in [-0.25, -0.2) is 0 Å². The third kappa shape index (κ3) is 5.03. The molecule has 0 saturated carbocycles. The molecule has 3 aromatic carbocycles. The van der Waals surface area contributed by atoms with Crippen molar-refractivity contribution < 1.29 is 4.52 Å². The van der Waals surface area contributed by atoms with Gasteiger partial charge in [0.05, 0.1) is 8.15 Å². The lowest BCUT2D eigenvalue weighted by atomic mass is 10.0. The molecule has 0 aliphatic carbocycles. The molecule has 0 spiro atoms. The summed E-state index contributed by atoms with van der Waals surface area (Å²) < 4.78 is 6.57. The molecule has 0 atom stereocenters. The topological polar surface area (TPSA) is 9.23 Å². The van der Waals surface area contributed by atoms with Crippen molar-refractivity contribution in [2.24, 2.45) is 0 Å². The summed E-state index contributed by atoms with van der Waals surface area (Å²) in [5.74, 6) is 0.971. The molecule has 0 unspecified atom stereocenters. The van der Waals surface area contributed by atoms with E-state index in [1.54, 1.807) is 0 Å². The summed E-state index contributed by atoms with van der Waals surface area (Å²) in [7, 11) is -0.674. The van der Waals surface area contributed by atoms with Crippen molar-refractivity contribution >= 4 is 8.15 Å². The number of benzene rings is 3. The quantitative estimate of drug-likeness (QED) is 0.392. The lowest BCUT2D eigenvalue weighted by molar-refractivity contribution is 0.609. The number of hydrogen-bond acceptors (Lipinski definition) is 1. The van der Waals surface area contributed by atoms with Crippen LogP contribution in [-0.4, -0.2) is 0 Å². The van der Waals surface area contributed by atoms with Gasteiger partial charge in [-0.1, -0.05) is 53.6 Å². The van der Waals surface area contributed by atoms with Crippen LogP contribution in [0.2, 0.25) is 0 Å². The second kappa shape index (κ2) is 8.93. The molecule has 0 aromatic heterocycles. The molecule has 0 heterocycles. The monoisotopic (exact) mass is 390 g/mol. The van der Waals surface area contributed by atoms with Crippen molar-refractivity contribution in [2.75, 3.05) is 0 Å². The van der Waals surface area contributed by atoms with E-state index in [1.165, 1.54) is 44.5 Å². The van der Waals surface area contributed by atoms with Gasteiger partial charge in [0.25, 0.3) is 0 Å². The van der Waals surface area contributed by atoms with Gasteiger partial charge < -0.3 is 4.52 Å². The van der Waals surface area contributed by atoms with Crippen LogP contribution in [0.1, 0.15) is 44.5 Å². The van der Waals surface area contributed by atoms with Gasteiger partial charge in [0, 0.05) is 12.3 Å². The van der Waals surface area contributed by atoms with E-state index < -0.39 is 8.15 Å². The largest absolute Gasteiger partial charge is 0.473 e. The van der Waals surface area contributed by atoms with E-state index in [4.69, 9.17) is 4.52 Å². The fourth-order valence-corrected chi connectivity index (χ4v) is 6.39. The van der Waals surface area contributed by atoms with Crippen LogP contribution in [0.25, 0.3) is 0 Å². The zero-order chi connectivity index (χ0) is 20.3. The SMILES string of the molecule is Cc1cc(C)c(CP(Cc2c(C)cc(C)cc2C)Oc2ccccc2)c(C)c1. The van der Waals surface area contributed by atoms with E-state index >= 15 is 0 Å². The van der Waals surface area contributed by atoms with Gasteiger partial charge in [0.15, 0.2) is 0 Å². The second-order valence-corrected chi connectivity index (χ2v) is 9.74. The van der Waals surface area contributed by atoms with Crippen molar-refractivity contribution in [1.29, 1.82) is 0 Å². The standard InChI is InChI=1S/C26H31OP/c1-18-12-20(3)25(21(4)13-18)16-28(27-24-10-8-7-9-11-24)17-26-22(5)14-19(2)15-23(26)6/h7-15H,16-17H2,1-6H3. The van der Waals surface area contributed by atoms with Crippen molar-refractivity contribution in [3.05, 3.63) is 99.1 Å². The normalized spacial score (nSPS) is 11.1. The molecule has 28 heavy (non-hydrogen) atoms. The highest BCUT2D eigenvalue weighted by Crippen LogP contribution is 2.47. The van der Waals surface area contributed by atoms with Gasteiger partial charge in [-0.2, -0.15) is 0 Å². The van der Waals surface area contributed by atoms with Crippen LogP contribution in [0.3, 0.4) is 0 Å². The molecule has 146 valence electrons. The zero-order valence-electron chi connectivity index (χ0n) is 18.0. The Morgan fingerprint density at radius 1 is 0.607 bits per heavy atom. The fraction of sp³-hybridized carbons (Fsp3) is 0.308. The summed E-state index contributed by atoms with van der Waals surface area (Å²) >= 11 is 0. The van der Waals surface area contributed by atoms with E-state index in [-0.39, 0.29) is 0 Å². The van der Waals surface area contributed by atoms with Crippen LogP contribution in [0.4, 0.5) is 0 Å². The lowest BCUT2D eigenvalue weighted by Crippen LogP contribution is -2.02. The minimum atomic E-state index is -0.674. The molecule has 0 amide bonds. The summed E-state index contributed by atoms with van der Waals surface area (Å²) in [4.78, 5) is 0. The van der Waals surface area contributed by atoms with Gasteiger partial charge in [-0.3, -0.25) is 0 Å². The molecule has 0 saturated heterocycles. The van der Waals surface area contributed by atoms with Crippen LogP contribution < -0.4 is 4.52 Å². The molecule has 0 fully saturated rings. The molecule has 3 rings (SSSR count). The predicted octanol–water partition coefficient (Wildman–Crippen LogP) is 7.71. The number of rotatable bonds is 6. The molecular formula is C26H31OP. The Morgan fingerprint density at radius 3 is 1.39 bits per heavy atom. The molecular weight excluding hydrogens is 359 g/mol. The Labute approximate surface area is 171 Å². The van der Waals surface area contributed by atoms with Crippen LogP contribution in [-0.2, 0) is 12.3 Å². The van der Waals surface area contributed by atoms with Crippen molar-refractivity contribution in [3.63, 3.8) is 0 Å². The molecule has 0 bridgehead atoms. The highest BCUT2D eigenvalue weighted by Gasteiger charge is 2.19. The summed E-state index contributed by atoms with van der Waals surface area (Å²) in [6.45, 7) is 13.3. The van der Waals surface area contributed by atoms with Crippen molar-refractivity contribution in [2.45, 2.75) is 53.9 Å². The van der Waals surface area contributed by atoms with E-state index in [9.17, 15) is 0 Å². The first-order valence-corrected chi connectivity index (χ1v) is 11.6. The van der Waals surface area contributed by atoms with Crippen molar-refractivity contribution in [3.8, 4) is 5.75 Å². The maximum atomic E-state index is 6.57. The van der Waals surface area contributed by atoms with E-state index in [2.05, 4.69) is 77.9 Å². The minimum Gasteiger partial charge on any atom is -0.473 e. The lowest BCUT2D eigenvalue weighted by Gasteiger charge is -2.23. The maximum absolute atomic E-state index is 6.57. The van der Waals surface area contributed by atoms with E-state index in [1.807, 2.05) is 18.2 Å². The molecule has 0 aliphatic heterocycles. The van der Waals surface area contributed by atoms with Gasteiger partial charge >= 0.3 is 0 Å². The Balaban J connectivity index is 1.94. The van der Waals surface area contributed by atoms with E-state index in [0.29, 0.717) is 0 Å². The second-order valence-electron chi connectivity index (χ2n) is 7.96. The number of hydrogen-bond donors (Lipinski definition) is 0. The number of aryl methyl sites for hydroxylation is 6. The fourth-order valence-electron chi connectivity index (χ4n) is 4.02. The van der Waals surface area contributed by atoms with Gasteiger partial charge in [0.2, 0.25) is 0 Å². The van der Waals surface area contributed by atoms with Gasteiger partial charge in [-0.05, 0) is 87.1 Å². The third-order valence-corrected chi connectivity index (χ3v) is 7.13. The number of para-hydroxylation sites is 1. The van der Waals surface area contributed by atoms with Gasteiger partial charge in [0.1, 0.15) is 5.75 Å². The predicted molar refractivity (Wildman–Crippen MR) is 123 cm³/mol. The molecule has 3 aromatic rings. The van der Waals surface area contributed by atoms with Crippen LogP contribution in [0.15, 0.2) is 54.6 Å². The van der Waals surface area contributed by atoms with Crippen LogP contribution in [0.5, 0.6) is 5.75 Å². The summed E-state index contributed by atoms with van der Waals surface area (Å²) in [5.41, 5.74) is 11.0. The summed E-state index contributed by atoms with van der Waals surface area (Å²) in [5, 5.41) is 0. The van der Waals surface area contributed by atoms with Crippen LogP contribution in [0, 0.1) is 41.5 Å². The first kappa shape index (κ1) is 20.6.